The van der Waals surface area contributed by atoms with Gasteiger partial charge in [0.05, 0.1) is 12.2 Å². The number of piperidine rings is 2. The van der Waals surface area contributed by atoms with E-state index in [2.05, 4.69) is 47.9 Å². The maximum absolute atomic E-state index is 13.1. The van der Waals surface area contributed by atoms with Gasteiger partial charge in [0.1, 0.15) is 5.82 Å². The fourth-order valence-electron chi connectivity index (χ4n) is 4.67. The van der Waals surface area contributed by atoms with Crippen LogP contribution in [-0.2, 0) is 11.3 Å². The summed E-state index contributed by atoms with van der Waals surface area (Å²) >= 11 is 0. The summed E-state index contributed by atoms with van der Waals surface area (Å²) in [7, 11) is 1.95. The summed E-state index contributed by atoms with van der Waals surface area (Å²) in [5.41, 5.74) is 2.16. The quantitative estimate of drug-likeness (QED) is 0.681. The summed E-state index contributed by atoms with van der Waals surface area (Å²) in [5, 5.41) is 7.69. The molecule has 0 aliphatic carbocycles. The third-order valence-electron chi connectivity index (χ3n) is 6.51. The molecule has 4 heterocycles. The van der Waals surface area contributed by atoms with Crippen LogP contribution >= 0.6 is 0 Å². The van der Waals surface area contributed by atoms with E-state index in [0.717, 1.165) is 76.2 Å². The first-order chi connectivity index (χ1) is 16.7. The van der Waals surface area contributed by atoms with E-state index in [9.17, 15) is 4.79 Å². The minimum Gasteiger partial charge on any atom is -0.357 e. The van der Waals surface area contributed by atoms with Gasteiger partial charge in [-0.3, -0.25) is 9.48 Å². The molecule has 1 amide bonds. The van der Waals surface area contributed by atoms with E-state index in [1.165, 1.54) is 5.56 Å². The Morgan fingerprint density at radius 3 is 2.44 bits per heavy atom. The molecular weight excluding hydrogens is 424 g/mol. The molecule has 2 aromatic heterocycles. The van der Waals surface area contributed by atoms with Crippen molar-refractivity contribution >= 4 is 11.7 Å². The van der Waals surface area contributed by atoms with Crippen molar-refractivity contribution < 1.29 is 4.79 Å². The molecule has 0 spiro atoms. The molecule has 2 saturated heterocycles. The van der Waals surface area contributed by atoms with Gasteiger partial charge in [-0.2, -0.15) is 5.10 Å². The molecule has 34 heavy (non-hydrogen) atoms. The summed E-state index contributed by atoms with van der Waals surface area (Å²) in [5.74, 6) is 7.63. The highest BCUT2D eigenvalue weighted by atomic mass is 16.2. The number of nitrogens with zero attached hydrogens (tertiary/aromatic N) is 5. The van der Waals surface area contributed by atoms with Gasteiger partial charge in [-0.05, 0) is 44.9 Å². The normalized spacial score (nSPS) is 16.9. The zero-order chi connectivity index (χ0) is 24.3. The molecule has 4 rings (SSSR count). The smallest absolute Gasteiger partial charge is 0.225 e. The summed E-state index contributed by atoms with van der Waals surface area (Å²) in [6.07, 6.45) is 10.5. The van der Waals surface area contributed by atoms with Crippen LogP contribution in [0.5, 0.6) is 0 Å². The number of anilines is 1. The van der Waals surface area contributed by atoms with Gasteiger partial charge >= 0.3 is 0 Å². The van der Waals surface area contributed by atoms with Crippen LogP contribution in [0.3, 0.4) is 0 Å². The Morgan fingerprint density at radius 1 is 1.09 bits per heavy atom. The van der Waals surface area contributed by atoms with Crippen molar-refractivity contribution in [2.75, 3.05) is 38.1 Å². The maximum atomic E-state index is 13.1. The van der Waals surface area contributed by atoms with Crippen molar-refractivity contribution in [1.29, 1.82) is 0 Å². The van der Waals surface area contributed by atoms with E-state index in [-0.39, 0.29) is 5.92 Å². The standard InChI is InChI=1S/C25H34N6O.C2H6/c1-3-4-5-20-6-7-24(27-17-20)29-12-8-22(9-13-29)25(32)30-14-10-23(11-15-30)31-19-21(16-26-2)18-28-31;1-2/h6-7,17-19,22-23,26H,3,8-16H2,1-2H3;1-2H3. The van der Waals surface area contributed by atoms with Crippen LogP contribution in [0.15, 0.2) is 30.7 Å². The number of amides is 1. The van der Waals surface area contributed by atoms with Crippen molar-refractivity contribution in [3.05, 3.63) is 41.9 Å². The average molecular weight is 465 g/mol. The summed E-state index contributed by atoms with van der Waals surface area (Å²) in [6, 6.07) is 4.47. The zero-order valence-electron chi connectivity index (χ0n) is 21.3. The molecule has 2 fully saturated rings. The molecule has 2 aliphatic heterocycles. The average Bonchev–Trinajstić information content (AvgIpc) is 3.38. The van der Waals surface area contributed by atoms with Gasteiger partial charge in [-0.25, -0.2) is 4.98 Å². The predicted octanol–water partition coefficient (Wildman–Crippen LogP) is 3.87. The van der Waals surface area contributed by atoms with E-state index in [0.29, 0.717) is 11.9 Å². The minimum atomic E-state index is 0.129. The summed E-state index contributed by atoms with van der Waals surface area (Å²) < 4.78 is 2.08. The Labute approximate surface area is 204 Å². The Hall–Kier alpha value is -2.85. The lowest BCUT2D eigenvalue weighted by Crippen LogP contribution is -2.45. The lowest BCUT2D eigenvalue weighted by molar-refractivity contribution is -0.137. The highest BCUT2D eigenvalue weighted by molar-refractivity contribution is 5.79. The van der Waals surface area contributed by atoms with Gasteiger partial charge in [0, 0.05) is 68.6 Å². The van der Waals surface area contributed by atoms with E-state index in [1.807, 2.05) is 52.3 Å². The lowest BCUT2D eigenvalue weighted by atomic mass is 9.93. The van der Waals surface area contributed by atoms with E-state index in [1.54, 1.807) is 0 Å². The first-order valence-corrected chi connectivity index (χ1v) is 12.8. The highest BCUT2D eigenvalue weighted by Crippen LogP contribution is 2.27. The molecule has 1 N–H and O–H groups in total. The van der Waals surface area contributed by atoms with Gasteiger partial charge < -0.3 is 15.1 Å². The topological polar surface area (TPSA) is 66.3 Å². The number of pyridine rings is 1. The Kier molecular flexibility index (Phi) is 9.96. The van der Waals surface area contributed by atoms with Crippen LogP contribution in [0, 0.1) is 17.8 Å². The van der Waals surface area contributed by atoms with Crippen LogP contribution in [-0.4, -0.2) is 58.8 Å². The molecule has 2 aliphatic rings. The van der Waals surface area contributed by atoms with Crippen molar-refractivity contribution in [1.82, 2.24) is 25.0 Å². The number of carbonyl (C=O) groups excluding carboxylic acids is 1. The van der Waals surface area contributed by atoms with Gasteiger partial charge in [-0.1, -0.05) is 32.6 Å². The first kappa shape index (κ1) is 25.8. The summed E-state index contributed by atoms with van der Waals surface area (Å²) in [6.45, 7) is 10.3. The number of carbonyl (C=O) groups is 1. The molecule has 0 radical (unpaired) electrons. The molecule has 0 atom stereocenters. The van der Waals surface area contributed by atoms with Crippen molar-refractivity contribution in [3.8, 4) is 11.8 Å². The van der Waals surface area contributed by atoms with Gasteiger partial charge in [0.2, 0.25) is 5.91 Å². The number of likely N-dealkylation sites (tertiary alicyclic amines) is 1. The van der Waals surface area contributed by atoms with Gasteiger partial charge in [0.25, 0.3) is 0 Å². The lowest BCUT2D eigenvalue weighted by Gasteiger charge is -2.37. The molecule has 0 unspecified atom stereocenters. The molecular formula is C27H40N6O. The number of hydrogen-bond acceptors (Lipinski definition) is 5. The second-order valence-corrected chi connectivity index (χ2v) is 8.74. The van der Waals surface area contributed by atoms with Crippen molar-refractivity contribution in [3.63, 3.8) is 0 Å². The number of nitrogens with one attached hydrogen (secondary N) is 1. The van der Waals surface area contributed by atoms with Crippen LogP contribution < -0.4 is 10.2 Å². The minimum absolute atomic E-state index is 0.129. The van der Waals surface area contributed by atoms with Crippen LogP contribution in [0.2, 0.25) is 0 Å². The fourth-order valence-corrected chi connectivity index (χ4v) is 4.67. The third-order valence-corrected chi connectivity index (χ3v) is 6.51. The van der Waals surface area contributed by atoms with Crippen LogP contribution in [0.4, 0.5) is 5.82 Å². The number of aromatic nitrogens is 3. The molecule has 2 aromatic rings. The highest BCUT2D eigenvalue weighted by Gasteiger charge is 2.31. The zero-order valence-corrected chi connectivity index (χ0v) is 21.3. The molecule has 7 heteroatoms. The molecule has 0 bridgehead atoms. The fraction of sp³-hybridized carbons (Fsp3) is 0.593. The maximum Gasteiger partial charge on any atom is 0.225 e. The Bertz CT molecular complexity index is 941. The second-order valence-electron chi connectivity index (χ2n) is 8.74. The predicted molar refractivity (Wildman–Crippen MR) is 138 cm³/mol. The second kappa shape index (κ2) is 13.1. The SMILES string of the molecule is CC.CCC#Cc1ccc(N2CCC(C(=O)N3CCC(n4cc(CNC)cn4)CC3)CC2)nc1. The van der Waals surface area contributed by atoms with Crippen LogP contribution in [0.25, 0.3) is 0 Å². The van der Waals surface area contributed by atoms with E-state index < -0.39 is 0 Å². The van der Waals surface area contributed by atoms with Crippen LogP contribution in [0.1, 0.15) is 70.0 Å². The monoisotopic (exact) mass is 464 g/mol. The molecule has 0 saturated carbocycles. The van der Waals surface area contributed by atoms with E-state index >= 15 is 0 Å². The molecule has 7 nitrogen and oxygen atoms in total. The van der Waals surface area contributed by atoms with Crippen molar-refractivity contribution in [2.24, 2.45) is 5.92 Å². The Morgan fingerprint density at radius 2 is 1.82 bits per heavy atom. The largest absolute Gasteiger partial charge is 0.357 e. The summed E-state index contributed by atoms with van der Waals surface area (Å²) in [4.78, 5) is 22.1. The number of rotatable bonds is 5. The molecule has 0 aromatic carbocycles. The first-order valence-electron chi connectivity index (χ1n) is 12.8. The van der Waals surface area contributed by atoms with Gasteiger partial charge in [-0.15, -0.1) is 0 Å². The van der Waals surface area contributed by atoms with Crippen molar-refractivity contribution in [2.45, 2.75) is 65.5 Å². The number of hydrogen-bond donors (Lipinski definition) is 1. The van der Waals surface area contributed by atoms with Gasteiger partial charge in [0.15, 0.2) is 0 Å². The molecule has 184 valence electrons. The third kappa shape index (κ3) is 6.60. The Balaban J connectivity index is 0.00000158. The van der Waals surface area contributed by atoms with E-state index in [4.69, 9.17) is 0 Å².